The zero-order valence-electron chi connectivity index (χ0n) is 29.0. The third-order valence-electron chi connectivity index (χ3n) is 10.4. The normalized spacial score (nSPS) is 11.7. The third kappa shape index (κ3) is 4.83. The predicted molar refractivity (Wildman–Crippen MR) is 221 cm³/mol. The van der Waals surface area contributed by atoms with Gasteiger partial charge in [-0.1, -0.05) is 140 Å². The number of para-hydroxylation sites is 2. The smallest absolute Gasteiger partial charge is 0.164 e. The van der Waals surface area contributed by atoms with E-state index in [1.807, 2.05) is 60.7 Å². The van der Waals surface area contributed by atoms with E-state index in [0.29, 0.717) is 17.5 Å². The maximum atomic E-state index is 6.24. The summed E-state index contributed by atoms with van der Waals surface area (Å²) in [6, 6.07) is 63.4. The Morgan fingerprint density at radius 1 is 0.370 bits per heavy atom. The van der Waals surface area contributed by atoms with Crippen LogP contribution in [0.5, 0.6) is 0 Å². The number of rotatable bonds is 5. The van der Waals surface area contributed by atoms with Crippen molar-refractivity contribution < 1.29 is 4.42 Å². The zero-order chi connectivity index (χ0) is 35.6. The minimum absolute atomic E-state index is 0.599. The number of furan rings is 1. The number of fused-ring (bicyclic) bond motifs is 8. The monoisotopic (exact) mass is 690 g/mol. The van der Waals surface area contributed by atoms with Gasteiger partial charge in [0, 0.05) is 43.9 Å². The number of hydrogen-bond donors (Lipinski definition) is 0. The number of aromatic nitrogens is 4. The molecule has 0 aliphatic carbocycles. The molecule has 0 aliphatic rings. The van der Waals surface area contributed by atoms with Gasteiger partial charge in [-0.25, -0.2) is 15.0 Å². The maximum absolute atomic E-state index is 6.24. The van der Waals surface area contributed by atoms with Crippen LogP contribution in [0.3, 0.4) is 0 Å². The lowest BCUT2D eigenvalue weighted by molar-refractivity contribution is 0.669. The van der Waals surface area contributed by atoms with Crippen LogP contribution in [-0.4, -0.2) is 19.5 Å². The van der Waals surface area contributed by atoms with Gasteiger partial charge >= 0.3 is 0 Å². The highest BCUT2D eigenvalue weighted by molar-refractivity contribution is 6.21. The van der Waals surface area contributed by atoms with E-state index in [1.165, 1.54) is 32.6 Å². The van der Waals surface area contributed by atoms with E-state index >= 15 is 0 Å². The summed E-state index contributed by atoms with van der Waals surface area (Å²) in [7, 11) is 0. The summed E-state index contributed by atoms with van der Waals surface area (Å²) >= 11 is 0. The second-order valence-corrected chi connectivity index (χ2v) is 13.6. The largest absolute Gasteiger partial charge is 0.456 e. The molecule has 0 unspecified atom stereocenters. The van der Waals surface area contributed by atoms with E-state index in [1.54, 1.807) is 0 Å². The molecule has 11 aromatic rings. The van der Waals surface area contributed by atoms with E-state index in [-0.39, 0.29) is 0 Å². The van der Waals surface area contributed by atoms with Crippen LogP contribution in [0, 0.1) is 0 Å². The van der Waals surface area contributed by atoms with Crippen molar-refractivity contribution in [3.63, 3.8) is 0 Å². The molecule has 8 aromatic carbocycles. The molecule has 5 nitrogen and oxygen atoms in total. The Hall–Kier alpha value is -7.37. The van der Waals surface area contributed by atoms with Gasteiger partial charge in [0.15, 0.2) is 17.5 Å². The first-order chi connectivity index (χ1) is 26.8. The molecular formula is C49H30N4O. The van der Waals surface area contributed by atoms with Gasteiger partial charge in [-0.15, -0.1) is 0 Å². The molecule has 3 heterocycles. The lowest BCUT2D eigenvalue weighted by atomic mass is 10.0. The van der Waals surface area contributed by atoms with Crippen LogP contribution in [0.15, 0.2) is 186 Å². The van der Waals surface area contributed by atoms with E-state index < -0.39 is 0 Å². The third-order valence-corrected chi connectivity index (χ3v) is 10.4. The van der Waals surface area contributed by atoms with Crippen LogP contribution in [0.1, 0.15) is 0 Å². The van der Waals surface area contributed by atoms with Crippen molar-refractivity contribution in [3.05, 3.63) is 182 Å². The summed E-state index contributed by atoms with van der Waals surface area (Å²) in [6.07, 6.45) is 0. The summed E-state index contributed by atoms with van der Waals surface area (Å²) < 4.78 is 8.62. The van der Waals surface area contributed by atoms with E-state index in [9.17, 15) is 0 Å². The summed E-state index contributed by atoms with van der Waals surface area (Å²) in [5.41, 5.74) is 10.0. The second kappa shape index (κ2) is 12.1. The molecule has 5 heteroatoms. The summed E-state index contributed by atoms with van der Waals surface area (Å²) in [5.74, 6) is 1.82. The summed E-state index contributed by atoms with van der Waals surface area (Å²) in [4.78, 5) is 15.3. The standard InChI is InChI=1S/C49H30N4O/c1-2-14-32(15-3-1)47-50-48(52-49(51-47)40-23-12-26-44-46(40)39-22-7-9-25-43(39)54-44)35-18-10-16-33(29-35)34-17-11-19-36(30-34)53-41-24-8-6-21-38(41)45-37-20-5-4-13-31(37)27-28-42(45)53/h1-30H. The van der Waals surface area contributed by atoms with Gasteiger partial charge in [0.1, 0.15) is 11.2 Å². The molecule has 0 bridgehead atoms. The SMILES string of the molecule is c1ccc(-c2nc(-c3cccc(-c4cccc(-n5c6ccccc6c6c7ccccc7ccc65)c4)c3)nc(-c3cccc4oc5ccccc5c34)n2)cc1. The van der Waals surface area contributed by atoms with E-state index in [0.717, 1.165) is 55.4 Å². The first kappa shape index (κ1) is 30.3. The van der Waals surface area contributed by atoms with Crippen molar-refractivity contribution in [2.24, 2.45) is 0 Å². The first-order valence-corrected chi connectivity index (χ1v) is 18.1. The Morgan fingerprint density at radius 2 is 1.00 bits per heavy atom. The fourth-order valence-corrected chi connectivity index (χ4v) is 7.98. The predicted octanol–water partition coefficient (Wildman–Crippen LogP) is 12.7. The highest BCUT2D eigenvalue weighted by atomic mass is 16.3. The highest BCUT2D eigenvalue weighted by Crippen LogP contribution is 2.39. The molecule has 0 spiro atoms. The van der Waals surface area contributed by atoms with Crippen molar-refractivity contribution in [1.29, 1.82) is 0 Å². The first-order valence-electron chi connectivity index (χ1n) is 18.1. The molecule has 0 saturated heterocycles. The molecule has 54 heavy (non-hydrogen) atoms. The molecule has 0 fully saturated rings. The van der Waals surface area contributed by atoms with Crippen molar-refractivity contribution >= 4 is 54.5 Å². The molecular weight excluding hydrogens is 661 g/mol. The van der Waals surface area contributed by atoms with Crippen LogP contribution in [0.25, 0.3) is 105 Å². The molecule has 252 valence electrons. The van der Waals surface area contributed by atoms with Gasteiger partial charge in [0.05, 0.1) is 11.0 Å². The van der Waals surface area contributed by atoms with Crippen LogP contribution < -0.4 is 0 Å². The Bertz CT molecular complexity index is 3230. The average Bonchev–Trinajstić information content (AvgIpc) is 3.80. The zero-order valence-corrected chi connectivity index (χ0v) is 29.0. The summed E-state index contributed by atoms with van der Waals surface area (Å²) in [6.45, 7) is 0. The lowest BCUT2D eigenvalue weighted by Gasteiger charge is -2.12. The van der Waals surface area contributed by atoms with Crippen molar-refractivity contribution in [2.45, 2.75) is 0 Å². The molecule has 0 atom stereocenters. The van der Waals surface area contributed by atoms with Crippen molar-refractivity contribution in [2.75, 3.05) is 0 Å². The minimum atomic E-state index is 0.599. The van der Waals surface area contributed by atoms with Gasteiger partial charge in [0.2, 0.25) is 0 Å². The van der Waals surface area contributed by atoms with Gasteiger partial charge < -0.3 is 8.98 Å². The molecule has 0 N–H and O–H groups in total. The topological polar surface area (TPSA) is 56.7 Å². The van der Waals surface area contributed by atoms with E-state index in [4.69, 9.17) is 19.4 Å². The van der Waals surface area contributed by atoms with Gasteiger partial charge in [0.25, 0.3) is 0 Å². The summed E-state index contributed by atoms with van der Waals surface area (Å²) in [5, 5.41) is 7.05. The maximum Gasteiger partial charge on any atom is 0.164 e. The van der Waals surface area contributed by atoms with Gasteiger partial charge in [-0.05, 0) is 64.4 Å². The van der Waals surface area contributed by atoms with Crippen molar-refractivity contribution in [3.8, 4) is 51.0 Å². The molecule has 0 saturated carbocycles. The number of benzene rings is 8. The Balaban J connectivity index is 1.07. The van der Waals surface area contributed by atoms with Gasteiger partial charge in [-0.2, -0.15) is 0 Å². The average molecular weight is 691 g/mol. The van der Waals surface area contributed by atoms with Crippen molar-refractivity contribution in [1.82, 2.24) is 19.5 Å². The van der Waals surface area contributed by atoms with Crippen LogP contribution >= 0.6 is 0 Å². The second-order valence-electron chi connectivity index (χ2n) is 13.6. The molecule has 0 aliphatic heterocycles. The fourth-order valence-electron chi connectivity index (χ4n) is 7.98. The molecule has 11 rings (SSSR count). The Labute approximate surface area is 310 Å². The number of hydrogen-bond acceptors (Lipinski definition) is 4. The van der Waals surface area contributed by atoms with Crippen LogP contribution in [0.2, 0.25) is 0 Å². The molecule has 0 amide bonds. The molecule has 3 aromatic heterocycles. The molecule has 0 radical (unpaired) electrons. The van der Waals surface area contributed by atoms with Gasteiger partial charge in [-0.3, -0.25) is 0 Å². The Kier molecular flexibility index (Phi) is 6.79. The minimum Gasteiger partial charge on any atom is -0.456 e. The van der Waals surface area contributed by atoms with Crippen LogP contribution in [-0.2, 0) is 0 Å². The number of nitrogens with zero attached hydrogens (tertiary/aromatic N) is 4. The lowest BCUT2D eigenvalue weighted by Crippen LogP contribution is -2.00. The Morgan fingerprint density at radius 3 is 1.89 bits per heavy atom. The van der Waals surface area contributed by atoms with E-state index in [2.05, 4.69) is 126 Å². The highest BCUT2D eigenvalue weighted by Gasteiger charge is 2.19. The fraction of sp³-hybridized carbons (Fsp3) is 0. The quantitative estimate of drug-likeness (QED) is 0.180. The van der Waals surface area contributed by atoms with Crippen LogP contribution in [0.4, 0.5) is 0 Å².